The van der Waals surface area contributed by atoms with Crippen molar-refractivity contribution in [2.45, 2.75) is 26.9 Å². The Morgan fingerprint density at radius 1 is 1.50 bits per heavy atom. The summed E-state index contributed by atoms with van der Waals surface area (Å²) in [6.45, 7) is 5.13. The van der Waals surface area contributed by atoms with Gasteiger partial charge in [-0.05, 0) is 0 Å². The highest BCUT2D eigenvalue weighted by Crippen LogP contribution is 2.11. The van der Waals surface area contributed by atoms with Crippen molar-refractivity contribution in [3.05, 3.63) is 0 Å². The van der Waals surface area contributed by atoms with Gasteiger partial charge in [-0.15, -0.1) is 0 Å². The Morgan fingerprint density at radius 2 is 2.00 bits per heavy atom. The number of aliphatic hydroxyl groups excluding tert-OH is 2. The lowest BCUT2D eigenvalue weighted by Gasteiger charge is -2.18. The molecule has 0 aliphatic heterocycles. The maximum atomic E-state index is 11.2. The number of hydrogen-bond acceptors (Lipinski definition) is 3. The Balaban J connectivity index is 3.73. The van der Waals surface area contributed by atoms with E-state index in [4.69, 9.17) is 10.2 Å². The topological polar surface area (TPSA) is 69.6 Å². The van der Waals surface area contributed by atoms with Gasteiger partial charge < -0.3 is 15.5 Å². The van der Waals surface area contributed by atoms with E-state index in [1.54, 1.807) is 20.8 Å². The first kappa shape index (κ1) is 11.4. The van der Waals surface area contributed by atoms with E-state index in [0.29, 0.717) is 0 Å². The number of amides is 1. The van der Waals surface area contributed by atoms with Gasteiger partial charge in [0, 0.05) is 12.0 Å². The van der Waals surface area contributed by atoms with Crippen molar-refractivity contribution in [2.75, 3.05) is 13.2 Å². The summed E-state index contributed by atoms with van der Waals surface area (Å²) in [5.41, 5.74) is -0.449. The van der Waals surface area contributed by atoms with Crippen LogP contribution in [0.2, 0.25) is 0 Å². The third-order valence-corrected chi connectivity index (χ3v) is 1.39. The van der Waals surface area contributed by atoms with Gasteiger partial charge in [-0.25, -0.2) is 0 Å². The molecular formula is C8H17NO3. The molecule has 0 aromatic rings. The first-order valence-electron chi connectivity index (χ1n) is 3.95. The second-order valence-electron chi connectivity index (χ2n) is 3.80. The lowest BCUT2D eigenvalue weighted by Crippen LogP contribution is -2.40. The molecule has 0 aliphatic rings. The molecule has 0 saturated heterocycles. The van der Waals surface area contributed by atoms with Gasteiger partial charge in [-0.1, -0.05) is 20.8 Å². The zero-order valence-electron chi connectivity index (χ0n) is 7.79. The van der Waals surface area contributed by atoms with Crippen molar-refractivity contribution in [2.24, 2.45) is 5.41 Å². The standard InChI is InChI=1S/C8H17NO3/c1-8(2,3)7(12)9-4-6(11)5-10/h6,10-11H,4-5H2,1-3H3,(H,9,12)/t6-/m1/s1. The van der Waals surface area contributed by atoms with Crippen molar-refractivity contribution < 1.29 is 15.0 Å². The van der Waals surface area contributed by atoms with Crippen molar-refractivity contribution in [1.29, 1.82) is 0 Å². The molecule has 0 aliphatic carbocycles. The molecule has 0 unspecified atom stereocenters. The van der Waals surface area contributed by atoms with Crippen LogP contribution in [0.1, 0.15) is 20.8 Å². The molecule has 1 amide bonds. The molecule has 0 aromatic carbocycles. The summed E-state index contributed by atoms with van der Waals surface area (Å²) in [6.07, 6.45) is -0.865. The summed E-state index contributed by atoms with van der Waals surface area (Å²) in [5.74, 6) is -0.130. The third kappa shape index (κ3) is 4.31. The molecule has 4 heteroatoms. The van der Waals surface area contributed by atoms with E-state index in [0.717, 1.165) is 0 Å². The second kappa shape index (κ2) is 4.42. The van der Waals surface area contributed by atoms with Gasteiger partial charge in [0.05, 0.1) is 12.7 Å². The van der Waals surface area contributed by atoms with Crippen LogP contribution in [0, 0.1) is 5.41 Å². The Kier molecular flexibility index (Phi) is 4.20. The molecule has 4 nitrogen and oxygen atoms in total. The Morgan fingerprint density at radius 3 is 2.33 bits per heavy atom. The highest BCUT2D eigenvalue weighted by atomic mass is 16.3. The molecule has 0 bridgehead atoms. The summed E-state index contributed by atoms with van der Waals surface area (Å²) in [4.78, 5) is 11.2. The Labute approximate surface area is 72.6 Å². The molecule has 0 spiro atoms. The summed E-state index contributed by atoms with van der Waals surface area (Å²) in [6, 6.07) is 0. The number of rotatable bonds is 3. The van der Waals surface area contributed by atoms with E-state index in [-0.39, 0.29) is 19.1 Å². The molecule has 0 saturated carbocycles. The van der Waals surface area contributed by atoms with Gasteiger partial charge >= 0.3 is 0 Å². The number of carbonyl (C=O) groups excluding carboxylic acids is 1. The van der Waals surface area contributed by atoms with E-state index < -0.39 is 11.5 Å². The quantitative estimate of drug-likeness (QED) is 0.541. The van der Waals surface area contributed by atoms with Crippen LogP contribution in [0.3, 0.4) is 0 Å². The maximum Gasteiger partial charge on any atom is 0.225 e. The summed E-state index contributed by atoms with van der Waals surface area (Å²) >= 11 is 0. The molecule has 3 N–H and O–H groups in total. The van der Waals surface area contributed by atoms with Crippen LogP contribution in [-0.2, 0) is 4.79 Å². The van der Waals surface area contributed by atoms with Crippen molar-refractivity contribution in [3.8, 4) is 0 Å². The average Bonchev–Trinajstić information content (AvgIpc) is 1.97. The number of carbonyl (C=O) groups is 1. The lowest BCUT2D eigenvalue weighted by molar-refractivity contribution is -0.129. The molecule has 72 valence electrons. The van der Waals surface area contributed by atoms with E-state index in [9.17, 15) is 4.79 Å². The predicted molar refractivity (Wildman–Crippen MR) is 45.6 cm³/mol. The molecule has 0 heterocycles. The zero-order chi connectivity index (χ0) is 9.78. The van der Waals surface area contributed by atoms with Crippen molar-refractivity contribution in [3.63, 3.8) is 0 Å². The normalized spacial score (nSPS) is 14.1. The molecule has 0 fully saturated rings. The van der Waals surface area contributed by atoms with Crippen LogP contribution in [0.5, 0.6) is 0 Å². The van der Waals surface area contributed by atoms with E-state index in [2.05, 4.69) is 5.32 Å². The highest BCUT2D eigenvalue weighted by Gasteiger charge is 2.21. The van der Waals surface area contributed by atoms with Crippen molar-refractivity contribution in [1.82, 2.24) is 5.32 Å². The van der Waals surface area contributed by atoms with Gasteiger partial charge in [0.15, 0.2) is 0 Å². The summed E-state index contributed by atoms with van der Waals surface area (Å²) in [7, 11) is 0. The van der Waals surface area contributed by atoms with Crippen LogP contribution in [0.4, 0.5) is 0 Å². The minimum atomic E-state index is -0.865. The largest absolute Gasteiger partial charge is 0.394 e. The van der Waals surface area contributed by atoms with Crippen LogP contribution in [-0.4, -0.2) is 35.4 Å². The highest BCUT2D eigenvalue weighted by molar-refractivity contribution is 5.81. The van der Waals surface area contributed by atoms with Gasteiger partial charge in [-0.3, -0.25) is 4.79 Å². The predicted octanol–water partition coefficient (Wildman–Crippen LogP) is -0.498. The molecular weight excluding hydrogens is 158 g/mol. The van der Waals surface area contributed by atoms with Crippen molar-refractivity contribution >= 4 is 5.91 Å². The molecule has 0 aromatic heterocycles. The van der Waals surface area contributed by atoms with Crippen LogP contribution < -0.4 is 5.32 Å². The monoisotopic (exact) mass is 175 g/mol. The van der Waals surface area contributed by atoms with Gasteiger partial charge in [0.25, 0.3) is 0 Å². The molecule has 12 heavy (non-hydrogen) atoms. The Hall–Kier alpha value is -0.610. The molecule has 0 radical (unpaired) electrons. The van der Waals surface area contributed by atoms with E-state index >= 15 is 0 Å². The number of aliphatic hydroxyl groups is 2. The van der Waals surface area contributed by atoms with Crippen LogP contribution in [0.25, 0.3) is 0 Å². The second-order valence-corrected chi connectivity index (χ2v) is 3.80. The van der Waals surface area contributed by atoms with Crippen LogP contribution in [0.15, 0.2) is 0 Å². The SMILES string of the molecule is CC(C)(C)C(=O)NC[C@@H](O)CO. The molecule has 1 atom stereocenters. The van der Waals surface area contributed by atoms with Gasteiger partial charge in [0.2, 0.25) is 5.91 Å². The smallest absolute Gasteiger partial charge is 0.225 e. The first-order chi connectivity index (χ1) is 5.38. The maximum absolute atomic E-state index is 11.2. The minimum Gasteiger partial charge on any atom is -0.394 e. The van der Waals surface area contributed by atoms with E-state index in [1.165, 1.54) is 0 Å². The van der Waals surface area contributed by atoms with Gasteiger partial charge in [-0.2, -0.15) is 0 Å². The first-order valence-corrected chi connectivity index (χ1v) is 3.95. The fourth-order valence-corrected chi connectivity index (χ4v) is 0.540. The lowest BCUT2D eigenvalue weighted by atomic mass is 9.96. The summed E-state index contributed by atoms with van der Waals surface area (Å²) in [5, 5.41) is 19.9. The Bertz CT molecular complexity index is 151. The number of nitrogens with one attached hydrogen (secondary N) is 1. The van der Waals surface area contributed by atoms with Crippen LogP contribution >= 0.6 is 0 Å². The third-order valence-electron chi connectivity index (χ3n) is 1.39. The molecule has 0 rings (SSSR count). The zero-order valence-corrected chi connectivity index (χ0v) is 7.79. The van der Waals surface area contributed by atoms with Gasteiger partial charge in [0.1, 0.15) is 0 Å². The van der Waals surface area contributed by atoms with E-state index in [1.807, 2.05) is 0 Å². The minimum absolute atomic E-state index is 0.104. The fourth-order valence-electron chi connectivity index (χ4n) is 0.540. The number of hydrogen-bond donors (Lipinski definition) is 3. The summed E-state index contributed by atoms with van der Waals surface area (Å²) < 4.78 is 0. The average molecular weight is 175 g/mol. The fraction of sp³-hybridized carbons (Fsp3) is 0.875.